The van der Waals surface area contributed by atoms with Gasteiger partial charge in [0, 0.05) is 25.0 Å². The molecule has 0 bridgehead atoms. The van der Waals surface area contributed by atoms with Gasteiger partial charge in [0.15, 0.2) is 0 Å². The average Bonchev–Trinajstić information content (AvgIpc) is 2.54. The Morgan fingerprint density at radius 1 is 1.24 bits per heavy atom. The number of ether oxygens (including phenoxy) is 1. The second-order valence-corrected chi connectivity index (χ2v) is 6.32. The van der Waals surface area contributed by atoms with Crippen molar-refractivity contribution in [2.24, 2.45) is 0 Å². The van der Waals surface area contributed by atoms with Crippen LogP contribution in [0.15, 0.2) is 24.3 Å². The molecule has 1 fully saturated rings. The summed E-state index contributed by atoms with van der Waals surface area (Å²) in [6, 6.07) is 9.31. The topological polar surface area (TPSA) is 24.5 Å². The lowest BCUT2D eigenvalue weighted by Gasteiger charge is -2.39. The Balaban J connectivity index is 1.67. The minimum Gasteiger partial charge on any atom is -0.493 e. The molecule has 2 aliphatic rings. The lowest BCUT2D eigenvalue weighted by molar-refractivity contribution is 0.126. The van der Waals surface area contributed by atoms with E-state index in [9.17, 15) is 0 Å². The van der Waals surface area contributed by atoms with Crippen molar-refractivity contribution in [2.45, 2.75) is 44.6 Å². The van der Waals surface area contributed by atoms with Crippen LogP contribution in [-0.2, 0) is 0 Å². The van der Waals surface area contributed by atoms with Gasteiger partial charge in [0.25, 0.3) is 0 Å². The number of rotatable bonds is 5. The van der Waals surface area contributed by atoms with Gasteiger partial charge in [-0.15, -0.1) is 0 Å². The van der Waals surface area contributed by atoms with Crippen LogP contribution in [0.25, 0.3) is 0 Å². The number of hydrogen-bond donors (Lipinski definition) is 1. The van der Waals surface area contributed by atoms with Gasteiger partial charge in [0.1, 0.15) is 5.75 Å². The Kier molecular flexibility index (Phi) is 5.15. The minimum atomic E-state index is 0.636. The molecule has 0 aromatic heterocycles. The minimum absolute atomic E-state index is 0.636. The first-order valence-electron chi connectivity index (χ1n) is 8.55. The zero-order chi connectivity index (χ0) is 14.5. The number of likely N-dealkylation sites (N-methyl/N-ethyl adjacent to an activating group) is 1. The Labute approximate surface area is 128 Å². The maximum Gasteiger partial charge on any atom is 0.122 e. The van der Waals surface area contributed by atoms with E-state index in [0.29, 0.717) is 12.0 Å². The van der Waals surface area contributed by atoms with Crippen LogP contribution >= 0.6 is 0 Å². The standard InChI is InChI=1S/C18H28N2O/c1-2-19-13-16-7-5-6-11-20(16)14-15-10-12-21-18-9-4-3-8-17(15)18/h3-4,8-9,15-16,19H,2,5-7,10-14H2,1H3. The monoisotopic (exact) mass is 288 g/mol. The van der Waals surface area contributed by atoms with E-state index in [0.717, 1.165) is 31.9 Å². The number of nitrogens with zero attached hydrogens (tertiary/aromatic N) is 1. The van der Waals surface area contributed by atoms with Crippen LogP contribution in [0.1, 0.15) is 44.1 Å². The van der Waals surface area contributed by atoms with Crippen molar-refractivity contribution in [3.63, 3.8) is 0 Å². The molecule has 21 heavy (non-hydrogen) atoms. The van der Waals surface area contributed by atoms with Crippen molar-refractivity contribution in [1.82, 2.24) is 10.2 Å². The molecule has 3 heteroatoms. The van der Waals surface area contributed by atoms with E-state index in [1.807, 2.05) is 0 Å². The molecule has 3 rings (SSSR count). The first-order chi connectivity index (χ1) is 10.4. The Bertz CT molecular complexity index is 449. The molecule has 0 radical (unpaired) electrons. The molecule has 1 aromatic rings. The van der Waals surface area contributed by atoms with E-state index >= 15 is 0 Å². The number of likely N-dealkylation sites (tertiary alicyclic amines) is 1. The molecular formula is C18H28N2O. The molecule has 1 aromatic carbocycles. The maximum atomic E-state index is 5.80. The van der Waals surface area contributed by atoms with Gasteiger partial charge in [-0.05, 0) is 44.0 Å². The number of piperidine rings is 1. The van der Waals surface area contributed by atoms with Gasteiger partial charge in [-0.1, -0.05) is 31.5 Å². The molecule has 3 nitrogen and oxygen atoms in total. The van der Waals surface area contributed by atoms with E-state index < -0.39 is 0 Å². The number of hydrogen-bond acceptors (Lipinski definition) is 3. The fourth-order valence-electron chi connectivity index (χ4n) is 3.73. The number of fused-ring (bicyclic) bond motifs is 1. The smallest absolute Gasteiger partial charge is 0.122 e. The second kappa shape index (κ2) is 7.28. The third kappa shape index (κ3) is 3.58. The van der Waals surface area contributed by atoms with Crippen molar-refractivity contribution >= 4 is 0 Å². The zero-order valence-corrected chi connectivity index (χ0v) is 13.2. The summed E-state index contributed by atoms with van der Waals surface area (Å²) < 4.78 is 5.80. The largest absolute Gasteiger partial charge is 0.493 e. The van der Waals surface area contributed by atoms with Crippen LogP contribution in [0.3, 0.4) is 0 Å². The molecule has 1 N–H and O–H groups in total. The van der Waals surface area contributed by atoms with Crippen molar-refractivity contribution in [3.8, 4) is 5.75 Å². The predicted molar refractivity (Wildman–Crippen MR) is 87.1 cm³/mol. The van der Waals surface area contributed by atoms with Crippen LogP contribution in [0, 0.1) is 0 Å². The molecule has 1 saturated heterocycles. The first kappa shape index (κ1) is 14.9. The van der Waals surface area contributed by atoms with Gasteiger partial charge < -0.3 is 10.1 Å². The Hall–Kier alpha value is -1.06. The summed E-state index contributed by atoms with van der Waals surface area (Å²) in [5.74, 6) is 1.74. The second-order valence-electron chi connectivity index (χ2n) is 6.32. The maximum absolute atomic E-state index is 5.80. The SMILES string of the molecule is CCNCC1CCCCN1CC1CCOc2ccccc21. The fourth-order valence-corrected chi connectivity index (χ4v) is 3.73. The quantitative estimate of drug-likeness (QED) is 0.901. The van der Waals surface area contributed by atoms with Crippen molar-refractivity contribution in [2.75, 3.05) is 32.8 Å². The molecule has 0 amide bonds. The third-order valence-electron chi connectivity index (χ3n) is 4.92. The van der Waals surface area contributed by atoms with Gasteiger partial charge >= 0.3 is 0 Å². The summed E-state index contributed by atoms with van der Waals surface area (Å²) in [7, 11) is 0. The average molecular weight is 288 g/mol. The molecule has 2 unspecified atom stereocenters. The zero-order valence-electron chi connectivity index (χ0n) is 13.2. The van der Waals surface area contributed by atoms with Gasteiger partial charge in [-0.2, -0.15) is 0 Å². The summed E-state index contributed by atoms with van der Waals surface area (Å²) in [5, 5.41) is 3.54. The summed E-state index contributed by atoms with van der Waals surface area (Å²) in [5.41, 5.74) is 1.41. The van der Waals surface area contributed by atoms with Crippen LogP contribution in [0.2, 0.25) is 0 Å². The van der Waals surface area contributed by atoms with Crippen LogP contribution in [0.5, 0.6) is 5.75 Å². The van der Waals surface area contributed by atoms with Crippen molar-refractivity contribution in [3.05, 3.63) is 29.8 Å². The van der Waals surface area contributed by atoms with Gasteiger partial charge in [-0.3, -0.25) is 4.90 Å². The Morgan fingerprint density at radius 2 is 2.14 bits per heavy atom. The van der Waals surface area contributed by atoms with E-state index in [1.54, 1.807) is 0 Å². The lowest BCUT2D eigenvalue weighted by atomic mass is 9.91. The summed E-state index contributed by atoms with van der Waals surface area (Å²) >= 11 is 0. The lowest BCUT2D eigenvalue weighted by Crippen LogP contribution is -2.47. The molecule has 2 heterocycles. The molecule has 2 atom stereocenters. The fraction of sp³-hybridized carbons (Fsp3) is 0.667. The molecule has 0 spiro atoms. The number of nitrogens with one attached hydrogen (secondary N) is 1. The van der Waals surface area contributed by atoms with E-state index in [1.165, 1.54) is 37.9 Å². The Morgan fingerprint density at radius 3 is 3.05 bits per heavy atom. The number of para-hydroxylation sites is 1. The van der Waals surface area contributed by atoms with Crippen LogP contribution in [-0.4, -0.2) is 43.7 Å². The molecule has 0 saturated carbocycles. The summed E-state index contributed by atoms with van der Waals surface area (Å²) in [4.78, 5) is 2.72. The van der Waals surface area contributed by atoms with Crippen LogP contribution < -0.4 is 10.1 Å². The van der Waals surface area contributed by atoms with Crippen molar-refractivity contribution < 1.29 is 4.74 Å². The van der Waals surface area contributed by atoms with E-state index in [-0.39, 0.29) is 0 Å². The number of benzene rings is 1. The highest BCUT2D eigenvalue weighted by atomic mass is 16.5. The highest BCUT2D eigenvalue weighted by Gasteiger charge is 2.28. The molecule has 116 valence electrons. The van der Waals surface area contributed by atoms with Gasteiger partial charge in [-0.25, -0.2) is 0 Å². The summed E-state index contributed by atoms with van der Waals surface area (Å²) in [6.45, 7) is 7.73. The van der Waals surface area contributed by atoms with E-state index in [4.69, 9.17) is 4.74 Å². The summed E-state index contributed by atoms with van der Waals surface area (Å²) in [6.07, 6.45) is 5.24. The molecular weight excluding hydrogens is 260 g/mol. The predicted octanol–water partition coefficient (Wildman–Crippen LogP) is 3.02. The molecule has 2 aliphatic heterocycles. The van der Waals surface area contributed by atoms with Gasteiger partial charge in [0.2, 0.25) is 0 Å². The van der Waals surface area contributed by atoms with Crippen molar-refractivity contribution in [1.29, 1.82) is 0 Å². The normalized spacial score (nSPS) is 26.1. The first-order valence-corrected chi connectivity index (χ1v) is 8.55. The third-order valence-corrected chi connectivity index (χ3v) is 4.92. The van der Waals surface area contributed by atoms with Crippen LogP contribution in [0.4, 0.5) is 0 Å². The highest BCUT2D eigenvalue weighted by Crippen LogP contribution is 2.34. The van der Waals surface area contributed by atoms with Gasteiger partial charge in [0.05, 0.1) is 6.61 Å². The highest BCUT2D eigenvalue weighted by molar-refractivity contribution is 5.38. The van der Waals surface area contributed by atoms with E-state index in [2.05, 4.69) is 41.4 Å². The molecule has 0 aliphatic carbocycles.